The van der Waals surface area contributed by atoms with Gasteiger partial charge in [0.1, 0.15) is 17.5 Å². The van der Waals surface area contributed by atoms with Gasteiger partial charge in [0, 0.05) is 0 Å². The van der Waals surface area contributed by atoms with Gasteiger partial charge in [-0.2, -0.15) is 10.4 Å². The van der Waals surface area contributed by atoms with Crippen LogP contribution in [0.3, 0.4) is 0 Å². The number of benzene rings is 2. The Morgan fingerprint density at radius 2 is 2.00 bits per heavy atom. The quantitative estimate of drug-likeness (QED) is 0.613. The summed E-state index contributed by atoms with van der Waals surface area (Å²) in [6.45, 7) is 1.62. The number of para-hydroxylation sites is 2. The summed E-state index contributed by atoms with van der Waals surface area (Å²) in [5.41, 5.74) is 7.21. The maximum atomic E-state index is 13.0. The Morgan fingerprint density at radius 1 is 1.28 bits per heavy atom. The maximum Gasteiger partial charge on any atom is 0.337 e. The van der Waals surface area contributed by atoms with E-state index in [4.69, 9.17) is 11.0 Å². The molecule has 3 aromatic rings. The predicted molar refractivity (Wildman–Crippen MR) is 106 cm³/mol. The third-order valence-corrected chi connectivity index (χ3v) is 5.71. The van der Waals surface area contributed by atoms with Gasteiger partial charge in [-0.3, -0.25) is 4.72 Å². The number of hydrogen-bond acceptors (Lipinski definition) is 7. The number of carbonyl (C=O) groups is 1. The van der Waals surface area contributed by atoms with Crippen molar-refractivity contribution in [1.82, 2.24) is 9.78 Å². The largest absolute Gasteiger partial charge is 0.465 e. The fraction of sp³-hybridized carbons (Fsp3) is 0.105. The lowest BCUT2D eigenvalue weighted by Crippen LogP contribution is -2.17. The first-order valence-electron chi connectivity index (χ1n) is 8.33. The van der Waals surface area contributed by atoms with Crippen LogP contribution in [-0.2, 0) is 14.8 Å². The number of nitrogen functional groups attached to an aromatic ring is 1. The number of hydrogen-bond donors (Lipinski definition) is 2. The molecule has 0 saturated carbocycles. The molecule has 3 rings (SSSR count). The normalized spacial score (nSPS) is 10.9. The Labute approximate surface area is 167 Å². The summed E-state index contributed by atoms with van der Waals surface area (Å²) in [4.78, 5) is 11.7. The number of aromatic nitrogens is 2. The van der Waals surface area contributed by atoms with E-state index in [0.29, 0.717) is 11.3 Å². The van der Waals surface area contributed by atoms with Crippen molar-refractivity contribution in [3.05, 3.63) is 65.4 Å². The zero-order chi connectivity index (χ0) is 21.2. The molecular weight excluding hydrogens is 394 g/mol. The average Bonchev–Trinajstić information content (AvgIpc) is 3.08. The summed E-state index contributed by atoms with van der Waals surface area (Å²) in [6, 6.07) is 12.7. The highest BCUT2D eigenvalue weighted by atomic mass is 32.2. The van der Waals surface area contributed by atoms with E-state index in [2.05, 4.69) is 14.6 Å². The number of sulfonamides is 1. The molecule has 0 bridgehead atoms. The van der Waals surface area contributed by atoms with Crippen molar-refractivity contribution in [2.24, 2.45) is 0 Å². The lowest BCUT2D eigenvalue weighted by molar-refractivity contribution is 0.0600. The van der Waals surface area contributed by atoms with E-state index in [1.165, 1.54) is 36.2 Å². The van der Waals surface area contributed by atoms with E-state index in [9.17, 15) is 13.2 Å². The standard InChI is InChI=1S/C19H17N5O4S/c1-12-7-8-13(19(25)28-2)9-17(12)29(26,27)23-15-5-3-4-6-16(15)24-18(21)14(10-20)11-22-24/h3-9,11,23H,21H2,1-2H3. The molecule has 0 radical (unpaired) electrons. The molecule has 0 aliphatic rings. The van der Waals surface area contributed by atoms with Gasteiger partial charge in [0.15, 0.2) is 0 Å². The van der Waals surface area contributed by atoms with Gasteiger partial charge in [0.2, 0.25) is 0 Å². The fourth-order valence-corrected chi connectivity index (χ4v) is 4.06. The molecule has 9 nitrogen and oxygen atoms in total. The van der Waals surface area contributed by atoms with Crippen LogP contribution >= 0.6 is 0 Å². The van der Waals surface area contributed by atoms with Crippen molar-refractivity contribution < 1.29 is 17.9 Å². The van der Waals surface area contributed by atoms with E-state index in [1.54, 1.807) is 31.2 Å². The van der Waals surface area contributed by atoms with Gasteiger partial charge in [-0.05, 0) is 36.8 Å². The molecule has 29 heavy (non-hydrogen) atoms. The Hall–Kier alpha value is -3.84. The Morgan fingerprint density at radius 3 is 2.66 bits per heavy atom. The molecule has 0 amide bonds. The van der Waals surface area contributed by atoms with Crippen molar-refractivity contribution in [3.63, 3.8) is 0 Å². The van der Waals surface area contributed by atoms with Crippen LogP contribution in [0.4, 0.5) is 11.5 Å². The molecule has 2 aromatic carbocycles. The molecular formula is C19H17N5O4S. The Kier molecular flexibility index (Phi) is 5.25. The predicted octanol–water partition coefficient (Wildman–Crippen LogP) is 2.22. The number of nitrogens with two attached hydrogens (primary N) is 1. The van der Waals surface area contributed by atoms with Crippen LogP contribution in [0.25, 0.3) is 5.69 Å². The Balaban J connectivity index is 2.06. The molecule has 10 heteroatoms. The second-order valence-corrected chi connectivity index (χ2v) is 7.71. The summed E-state index contributed by atoms with van der Waals surface area (Å²) < 4.78 is 34.5. The third-order valence-electron chi connectivity index (χ3n) is 4.20. The summed E-state index contributed by atoms with van der Waals surface area (Å²) in [7, 11) is -2.84. The van der Waals surface area contributed by atoms with Gasteiger partial charge in [-0.15, -0.1) is 0 Å². The smallest absolute Gasteiger partial charge is 0.337 e. The second-order valence-electron chi connectivity index (χ2n) is 6.06. The third kappa shape index (κ3) is 3.76. The molecule has 0 unspecified atom stereocenters. The number of nitrogens with one attached hydrogen (secondary N) is 1. The van der Waals surface area contributed by atoms with E-state index in [1.807, 2.05) is 6.07 Å². The van der Waals surface area contributed by atoms with Gasteiger partial charge >= 0.3 is 5.97 Å². The molecule has 0 fully saturated rings. The molecule has 3 N–H and O–H groups in total. The highest BCUT2D eigenvalue weighted by Crippen LogP contribution is 2.27. The number of rotatable bonds is 5. The molecule has 0 atom stereocenters. The molecule has 1 heterocycles. The zero-order valence-electron chi connectivity index (χ0n) is 15.6. The Bertz CT molecular complexity index is 1240. The van der Waals surface area contributed by atoms with Crippen LogP contribution in [0, 0.1) is 18.3 Å². The van der Waals surface area contributed by atoms with E-state index in [0.717, 1.165) is 0 Å². The zero-order valence-corrected chi connectivity index (χ0v) is 16.4. The molecule has 0 aliphatic heterocycles. The number of esters is 1. The van der Waals surface area contributed by atoms with Crippen LogP contribution < -0.4 is 10.5 Å². The van der Waals surface area contributed by atoms with Crippen molar-refractivity contribution >= 4 is 27.5 Å². The van der Waals surface area contributed by atoms with Gasteiger partial charge < -0.3 is 10.5 Å². The number of anilines is 2. The fourth-order valence-electron chi connectivity index (χ4n) is 2.71. The van der Waals surface area contributed by atoms with Gasteiger partial charge in [0.25, 0.3) is 10.0 Å². The van der Waals surface area contributed by atoms with Crippen molar-refractivity contribution in [1.29, 1.82) is 5.26 Å². The number of nitrogens with zero attached hydrogens (tertiary/aromatic N) is 3. The maximum absolute atomic E-state index is 13.0. The van der Waals surface area contributed by atoms with Gasteiger partial charge in [0.05, 0.1) is 35.1 Å². The van der Waals surface area contributed by atoms with Gasteiger partial charge in [-0.1, -0.05) is 18.2 Å². The molecule has 0 spiro atoms. The topological polar surface area (TPSA) is 140 Å². The van der Waals surface area contributed by atoms with Crippen LogP contribution in [0.1, 0.15) is 21.5 Å². The minimum atomic E-state index is -4.06. The number of aryl methyl sites for hydroxylation is 1. The minimum absolute atomic E-state index is 0.0682. The van der Waals surface area contributed by atoms with Crippen molar-refractivity contribution in [2.45, 2.75) is 11.8 Å². The SMILES string of the molecule is COC(=O)c1ccc(C)c(S(=O)(=O)Nc2ccccc2-n2ncc(C#N)c2N)c1. The van der Waals surface area contributed by atoms with Gasteiger partial charge in [-0.25, -0.2) is 17.9 Å². The van der Waals surface area contributed by atoms with Crippen LogP contribution in [0.2, 0.25) is 0 Å². The van der Waals surface area contributed by atoms with E-state index in [-0.39, 0.29) is 27.5 Å². The molecule has 0 aliphatic carbocycles. The van der Waals surface area contributed by atoms with Crippen LogP contribution in [0.15, 0.2) is 53.6 Å². The van der Waals surface area contributed by atoms with Crippen molar-refractivity contribution in [2.75, 3.05) is 17.6 Å². The lowest BCUT2D eigenvalue weighted by Gasteiger charge is -2.15. The van der Waals surface area contributed by atoms with Crippen molar-refractivity contribution in [3.8, 4) is 11.8 Å². The monoisotopic (exact) mass is 411 g/mol. The minimum Gasteiger partial charge on any atom is -0.465 e. The van der Waals surface area contributed by atoms with E-state index >= 15 is 0 Å². The summed E-state index contributed by atoms with van der Waals surface area (Å²) in [5, 5.41) is 13.1. The molecule has 0 saturated heterocycles. The first-order valence-corrected chi connectivity index (χ1v) is 9.81. The number of nitriles is 1. The summed E-state index contributed by atoms with van der Waals surface area (Å²) in [5.74, 6) is -0.557. The number of methoxy groups -OCH3 is 1. The average molecular weight is 411 g/mol. The molecule has 1 aromatic heterocycles. The highest BCUT2D eigenvalue weighted by Gasteiger charge is 2.22. The first-order chi connectivity index (χ1) is 13.8. The molecule has 148 valence electrons. The summed E-state index contributed by atoms with van der Waals surface area (Å²) in [6.07, 6.45) is 1.30. The number of carbonyl (C=O) groups excluding carboxylic acids is 1. The second kappa shape index (κ2) is 7.65. The van der Waals surface area contributed by atoms with Crippen LogP contribution in [-0.4, -0.2) is 31.3 Å². The number of ether oxygens (including phenoxy) is 1. The highest BCUT2D eigenvalue weighted by molar-refractivity contribution is 7.92. The van der Waals surface area contributed by atoms with Crippen LogP contribution in [0.5, 0.6) is 0 Å². The lowest BCUT2D eigenvalue weighted by atomic mass is 10.1. The van der Waals surface area contributed by atoms with E-state index < -0.39 is 16.0 Å². The first kappa shape index (κ1) is 19.9. The summed E-state index contributed by atoms with van der Waals surface area (Å²) >= 11 is 0.